The SMILES string of the molecule is CS(=O)(=O)Nc1cccc(C(=O)NC(CN2CCCC2=O)c2cccc(C(F)(F)F)c2)c1. The van der Waals surface area contributed by atoms with E-state index in [0.29, 0.717) is 19.4 Å². The molecule has 1 saturated heterocycles. The molecule has 1 fully saturated rings. The van der Waals surface area contributed by atoms with Crippen LogP contribution in [0.15, 0.2) is 48.5 Å². The molecule has 1 atom stereocenters. The molecule has 1 aliphatic rings. The van der Waals surface area contributed by atoms with Gasteiger partial charge in [-0.2, -0.15) is 13.2 Å². The Morgan fingerprint density at radius 2 is 1.88 bits per heavy atom. The predicted octanol–water partition coefficient (Wildman–Crippen LogP) is 3.17. The lowest BCUT2D eigenvalue weighted by Crippen LogP contribution is -2.38. The van der Waals surface area contributed by atoms with Crippen molar-refractivity contribution in [2.45, 2.75) is 25.1 Å². The Balaban J connectivity index is 1.88. The smallest absolute Gasteiger partial charge is 0.343 e. The first kappa shape index (κ1) is 23.6. The third-order valence-electron chi connectivity index (χ3n) is 4.92. The molecule has 0 aromatic heterocycles. The monoisotopic (exact) mass is 469 g/mol. The van der Waals surface area contributed by atoms with E-state index in [0.717, 1.165) is 18.4 Å². The van der Waals surface area contributed by atoms with E-state index >= 15 is 0 Å². The van der Waals surface area contributed by atoms with E-state index in [4.69, 9.17) is 0 Å². The molecule has 0 spiro atoms. The van der Waals surface area contributed by atoms with Crippen LogP contribution in [0, 0.1) is 0 Å². The lowest BCUT2D eigenvalue weighted by molar-refractivity contribution is -0.137. The highest BCUT2D eigenvalue weighted by Gasteiger charge is 2.32. The van der Waals surface area contributed by atoms with Gasteiger partial charge in [0.1, 0.15) is 0 Å². The highest BCUT2D eigenvalue weighted by molar-refractivity contribution is 7.92. The van der Waals surface area contributed by atoms with Crippen molar-refractivity contribution < 1.29 is 31.2 Å². The predicted molar refractivity (Wildman–Crippen MR) is 112 cm³/mol. The molecular weight excluding hydrogens is 447 g/mol. The number of rotatable bonds is 7. The number of carbonyl (C=O) groups is 2. The van der Waals surface area contributed by atoms with Gasteiger partial charge in [-0.25, -0.2) is 8.42 Å². The molecule has 0 aliphatic carbocycles. The number of likely N-dealkylation sites (tertiary alicyclic amines) is 1. The van der Waals surface area contributed by atoms with E-state index in [2.05, 4.69) is 10.0 Å². The first-order valence-corrected chi connectivity index (χ1v) is 11.7. The molecule has 32 heavy (non-hydrogen) atoms. The molecule has 7 nitrogen and oxygen atoms in total. The van der Waals surface area contributed by atoms with E-state index in [1.165, 1.54) is 41.3 Å². The minimum absolute atomic E-state index is 0.0210. The van der Waals surface area contributed by atoms with Crippen molar-refractivity contribution in [2.24, 2.45) is 0 Å². The molecule has 2 N–H and O–H groups in total. The van der Waals surface area contributed by atoms with Gasteiger partial charge < -0.3 is 10.2 Å². The Kier molecular flexibility index (Phi) is 6.77. The van der Waals surface area contributed by atoms with Gasteiger partial charge in [0.25, 0.3) is 5.91 Å². The van der Waals surface area contributed by atoms with Crippen LogP contribution in [0.25, 0.3) is 0 Å². The van der Waals surface area contributed by atoms with Crippen LogP contribution in [0.1, 0.15) is 40.4 Å². The molecule has 2 amide bonds. The standard InChI is InChI=1S/C21H22F3N3O4S/c1-32(30,31)26-17-8-3-6-15(12-17)20(29)25-18(13-27-10-4-9-19(27)28)14-5-2-7-16(11-14)21(22,23)24/h2-3,5-8,11-12,18,26H,4,9-10,13H2,1H3,(H,25,29). The van der Waals surface area contributed by atoms with Crippen molar-refractivity contribution in [3.63, 3.8) is 0 Å². The van der Waals surface area contributed by atoms with Crippen molar-refractivity contribution in [2.75, 3.05) is 24.1 Å². The van der Waals surface area contributed by atoms with Gasteiger partial charge in [0.05, 0.1) is 17.9 Å². The summed E-state index contributed by atoms with van der Waals surface area (Å²) in [7, 11) is -3.56. The lowest BCUT2D eigenvalue weighted by Gasteiger charge is -2.26. The summed E-state index contributed by atoms with van der Waals surface area (Å²) in [5, 5.41) is 2.69. The van der Waals surface area contributed by atoms with E-state index < -0.39 is 33.7 Å². The van der Waals surface area contributed by atoms with Gasteiger partial charge in [0.15, 0.2) is 0 Å². The van der Waals surface area contributed by atoms with Crippen LogP contribution >= 0.6 is 0 Å². The van der Waals surface area contributed by atoms with Crippen molar-refractivity contribution >= 4 is 27.5 Å². The molecular formula is C21H22F3N3O4S. The first-order chi connectivity index (χ1) is 14.9. The van der Waals surface area contributed by atoms with Crippen LogP contribution in [0.5, 0.6) is 0 Å². The summed E-state index contributed by atoms with van der Waals surface area (Å²) < 4.78 is 64.7. The van der Waals surface area contributed by atoms with Gasteiger partial charge in [0.2, 0.25) is 15.9 Å². The van der Waals surface area contributed by atoms with Crippen LogP contribution in [-0.4, -0.2) is 44.5 Å². The fraction of sp³-hybridized carbons (Fsp3) is 0.333. The zero-order valence-electron chi connectivity index (χ0n) is 17.1. The number of carbonyl (C=O) groups excluding carboxylic acids is 2. The first-order valence-electron chi connectivity index (χ1n) is 9.76. The summed E-state index contributed by atoms with van der Waals surface area (Å²) >= 11 is 0. The highest BCUT2D eigenvalue weighted by Crippen LogP contribution is 2.31. The Morgan fingerprint density at radius 3 is 2.50 bits per heavy atom. The number of benzene rings is 2. The molecule has 172 valence electrons. The fourth-order valence-corrected chi connectivity index (χ4v) is 4.02. The normalized spacial score (nSPS) is 15.5. The van der Waals surface area contributed by atoms with E-state index in [-0.39, 0.29) is 29.3 Å². The quantitative estimate of drug-likeness (QED) is 0.651. The topological polar surface area (TPSA) is 95.6 Å². The maximum atomic E-state index is 13.2. The minimum Gasteiger partial charge on any atom is -0.343 e. The van der Waals surface area contributed by atoms with Gasteiger partial charge in [-0.05, 0) is 42.3 Å². The molecule has 1 unspecified atom stereocenters. The van der Waals surface area contributed by atoms with Gasteiger partial charge in [-0.15, -0.1) is 0 Å². The number of hydrogen-bond donors (Lipinski definition) is 2. The second-order valence-corrected chi connectivity index (χ2v) is 9.30. The number of amides is 2. The van der Waals surface area contributed by atoms with Crippen molar-refractivity contribution in [3.05, 3.63) is 65.2 Å². The van der Waals surface area contributed by atoms with E-state index in [9.17, 15) is 31.2 Å². The van der Waals surface area contributed by atoms with E-state index in [1.807, 2.05) is 0 Å². The molecule has 2 aromatic carbocycles. The second-order valence-electron chi connectivity index (χ2n) is 7.55. The molecule has 11 heteroatoms. The number of sulfonamides is 1. The van der Waals surface area contributed by atoms with Crippen LogP contribution < -0.4 is 10.0 Å². The molecule has 3 rings (SSSR count). The van der Waals surface area contributed by atoms with Crippen molar-refractivity contribution in [3.8, 4) is 0 Å². The summed E-state index contributed by atoms with van der Waals surface area (Å²) in [4.78, 5) is 26.4. The summed E-state index contributed by atoms with van der Waals surface area (Å²) in [6.45, 7) is 0.477. The van der Waals surface area contributed by atoms with Gasteiger partial charge in [0, 0.05) is 30.8 Å². The minimum atomic E-state index is -4.56. The molecule has 1 heterocycles. The summed E-state index contributed by atoms with van der Waals surface area (Å²) in [6.07, 6.45) is -2.60. The van der Waals surface area contributed by atoms with Crippen LogP contribution in [0.2, 0.25) is 0 Å². The zero-order chi connectivity index (χ0) is 23.5. The van der Waals surface area contributed by atoms with Crippen LogP contribution in [0.4, 0.5) is 18.9 Å². The summed E-state index contributed by atoms with van der Waals surface area (Å²) in [5.41, 5.74) is -0.367. The largest absolute Gasteiger partial charge is 0.416 e. The molecule has 2 aromatic rings. The van der Waals surface area contributed by atoms with Crippen molar-refractivity contribution in [1.82, 2.24) is 10.2 Å². The maximum absolute atomic E-state index is 13.2. The number of anilines is 1. The molecule has 0 radical (unpaired) electrons. The molecule has 1 aliphatic heterocycles. The van der Waals surface area contributed by atoms with Gasteiger partial charge in [-0.1, -0.05) is 18.2 Å². The number of hydrogen-bond acceptors (Lipinski definition) is 4. The Hall–Kier alpha value is -3.08. The summed E-state index contributed by atoms with van der Waals surface area (Å²) in [5.74, 6) is -0.744. The number of nitrogens with one attached hydrogen (secondary N) is 2. The second kappa shape index (κ2) is 9.19. The zero-order valence-corrected chi connectivity index (χ0v) is 18.0. The fourth-order valence-electron chi connectivity index (χ4n) is 3.46. The number of alkyl halides is 3. The lowest BCUT2D eigenvalue weighted by atomic mass is 10.0. The van der Waals surface area contributed by atoms with Crippen LogP contribution in [0.3, 0.4) is 0 Å². The molecule has 0 bridgehead atoms. The third kappa shape index (κ3) is 6.22. The molecule has 0 saturated carbocycles. The Morgan fingerprint density at radius 1 is 1.16 bits per heavy atom. The number of halogens is 3. The average molecular weight is 469 g/mol. The van der Waals surface area contributed by atoms with Gasteiger partial charge >= 0.3 is 6.18 Å². The third-order valence-corrected chi connectivity index (χ3v) is 5.53. The Bertz CT molecular complexity index is 1120. The van der Waals surface area contributed by atoms with Crippen molar-refractivity contribution in [1.29, 1.82) is 0 Å². The Labute approximate surface area is 183 Å². The van der Waals surface area contributed by atoms with Gasteiger partial charge in [-0.3, -0.25) is 14.3 Å². The maximum Gasteiger partial charge on any atom is 0.416 e. The highest BCUT2D eigenvalue weighted by atomic mass is 32.2. The van der Waals surface area contributed by atoms with E-state index in [1.54, 1.807) is 0 Å². The number of nitrogens with zero attached hydrogens (tertiary/aromatic N) is 1. The van der Waals surface area contributed by atoms with Crippen LogP contribution in [-0.2, 0) is 21.0 Å². The summed E-state index contributed by atoms with van der Waals surface area (Å²) in [6, 6.07) is 9.42. The average Bonchev–Trinajstić information content (AvgIpc) is 3.10.